The first kappa shape index (κ1) is 31.0. The maximum Gasteiger partial charge on any atom is 0.433 e. The Morgan fingerprint density at radius 3 is 2.16 bits per heavy atom. The lowest BCUT2D eigenvalue weighted by molar-refractivity contribution is -0.154. The molecule has 0 amide bonds. The van der Waals surface area contributed by atoms with Gasteiger partial charge in [0.2, 0.25) is 12.2 Å². The molecule has 1 aromatic heterocycles. The van der Waals surface area contributed by atoms with Gasteiger partial charge < -0.3 is 9.47 Å². The Morgan fingerprint density at radius 1 is 1.11 bits per heavy atom. The highest BCUT2D eigenvalue weighted by atomic mass is 35.5. The number of carbonyl (C=O) groups is 1. The molecule has 1 unspecified atom stereocenters. The Morgan fingerprint density at radius 2 is 1.71 bits per heavy atom. The summed E-state index contributed by atoms with van der Waals surface area (Å²) < 4.78 is 132. The number of alkyl halides is 9. The van der Waals surface area contributed by atoms with Crippen LogP contribution >= 0.6 is 11.6 Å². The number of aromatic nitrogens is 2. The second-order valence-electron chi connectivity index (χ2n) is 7.24. The van der Waals surface area contributed by atoms with Crippen LogP contribution in [-0.4, -0.2) is 35.5 Å². The van der Waals surface area contributed by atoms with Crippen molar-refractivity contribution in [3.05, 3.63) is 63.1 Å². The van der Waals surface area contributed by atoms with Crippen LogP contribution in [0.5, 0.6) is 0 Å². The van der Waals surface area contributed by atoms with Gasteiger partial charge in [-0.2, -0.15) is 39.5 Å². The van der Waals surface area contributed by atoms with E-state index in [-0.39, 0.29) is 29.7 Å². The molecule has 0 N–H and O–H groups in total. The van der Waals surface area contributed by atoms with E-state index in [0.717, 1.165) is 13.2 Å². The molecule has 1 aromatic carbocycles. The fraction of sp³-hybridized carbons (Fsp3) is 0.381. The SMILES string of the molecule is C=CCn1c(N(c2cc(C(F)(F)F)cc(C(F)(F)F)c2Cl)C(OC)C(=O)OCC)nc(C(F)(F)F)cc1=O. The number of hydrogen-bond acceptors (Lipinski definition) is 6. The number of ether oxygens (including phenoxy) is 2. The molecule has 2 aromatic rings. The minimum atomic E-state index is -5.49. The number of benzene rings is 1. The van der Waals surface area contributed by atoms with Crippen LogP contribution in [0, 0.1) is 0 Å². The molecule has 0 aliphatic rings. The van der Waals surface area contributed by atoms with Crippen molar-refractivity contribution in [1.29, 1.82) is 0 Å². The van der Waals surface area contributed by atoms with E-state index >= 15 is 0 Å². The van der Waals surface area contributed by atoms with E-state index in [1.807, 2.05) is 0 Å². The summed E-state index contributed by atoms with van der Waals surface area (Å²) in [5.41, 5.74) is -8.60. The molecule has 1 heterocycles. The van der Waals surface area contributed by atoms with Crippen LogP contribution < -0.4 is 10.5 Å². The first-order valence-corrected chi connectivity index (χ1v) is 10.5. The third kappa shape index (κ3) is 6.59. The number of halogens is 10. The minimum absolute atomic E-state index is 0.0340. The summed E-state index contributed by atoms with van der Waals surface area (Å²) in [5, 5.41) is -1.46. The van der Waals surface area contributed by atoms with Gasteiger partial charge in [-0.3, -0.25) is 14.3 Å². The van der Waals surface area contributed by atoms with Gasteiger partial charge in [0.15, 0.2) is 5.69 Å². The highest BCUT2D eigenvalue weighted by molar-refractivity contribution is 6.34. The van der Waals surface area contributed by atoms with E-state index in [1.165, 1.54) is 6.92 Å². The van der Waals surface area contributed by atoms with E-state index in [9.17, 15) is 49.1 Å². The second-order valence-corrected chi connectivity index (χ2v) is 7.62. The number of methoxy groups -OCH3 is 1. The van der Waals surface area contributed by atoms with Gasteiger partial charge in [0.1, 0.15) is 0 Å². The van der Waals surface area contributed by atoms with Crippen molar-refractivity contribution in [1.82, 2.24) is 9.55 Å². The van der Waals surface area contributed by atoms with Crippen LogP contribution in [0.2, 0.25) is 5.02 Å². The molecule has 2 rings (SSSR count). The van der Waals surface area contributed by atoms with Crippen molar-refractivity contribution in [2.24, 2.45) is 0 Å². The first-order chi connectivity index (χ1) is 17.4. The maximum absolute atomic E-state index is 13.7. The molecular formula is C21H17ClF9N3O4. The lowest BCUT2D eigenvalue weighted by Gasteiger charge is -2.33. The summed E-state index contributed by atoms with van der Waals surface area (Å²) >= 11 is 5.85. The topological polar surface area (TPSA) is 73.7 Å². The van der Waals surface area contributed by atoms with E-state index in [0.29, 0.717) is 4.57 Å². The summed E-state index contributed by atoms with van der Waals surface area (Å²) in [6.07, 6.45) is -17.6. The highest BCUT2D eigenvalue weighted by Crippen LogP contribution is 2.46. The Bertz CT molecular complexity index is 1260. The number of nitrogens with zero attached hydrogens (tertiary/aromatic N) is 3. The van der Waals surface area contributed by atoms with Crippen LogP contribution in [0.25, 0.3) is 0 Å². The molecule has 0 spiro atoms. The van der Waals surface area contributed by atoms with Gasteiger partial charge in [0.25, 0.3) is 5.56 Å². The summed E-state index contributed by atoms with van der Waals surface area (Å²) in [6, 6.07) is -0.258. The molecule has 210 valence electrons. The zero-order chi connectivity index (χ0) is 29.2. The zero-order valence-corrected chi connectivity index (χ0v) is 20.0. The number of anilines is 2. The van der Waals surface area contributed by atoms with Crippen molar-refractivity contribution in [2.75, 3.05) is 18.6 Å². The number of carbonyl (C=O) groups excluding carboxylic acids is 1. The summed E-state index contributed by atoms with van der Waals surface area (Å²) in [4.78, 5) is 28.5. The van der Waals surface area contributed by atoms with Gasteiger partial charge in [0, 0.05) is 19.7 Å². The van der Waals surface area contributed by atoms with Crippen LogP contribution in [0.3, 0.4) is 0 Å². The lowest BCUT2D eigenvalue weighted by atomic mass is 10.1. The molecule has 0 saturated heterocycles. The molecule has 17 heteroatoms. The van der Waals surface area contributed by atoms with Crippen LogP contribution in [0.15, 0.2) is 35.6 Å². The predicted octanol–water partition coefficient (Wildman–Crippen LogP) is 5.81. The third-order valence-corrected chi connectivity index (χ3v) is 5.09. The molecule has 7 nitrogen and oxygen atoms in total. The zero-order valence-electron chi connectivity index (χ0n) is 19.3. The van der Waals surface area contributed by atoms with Gasteiger partial charge >= 0.3 is 24.5 Å². The van der Waals surface area contributed by atoms with Crippen LogP contribution in [-0.2, 0) is 39.3 Å². The second kappa shape index (κ2) is 11.2. The van der Waals surface area contributed by atoms with Gasteiger partial charge in [0.05, 0.1) is 28.4 Å². The van der Waals surface area contributed by atoms with Crippen molar-refractivity contribution in [2.45, 2.75) is 38.2 Å². The van der Waals surface area contributed by atoms with Crippen molar-refractivity contribution >= 4 is 29.2 Å². The van der Waals surface area contributed by atoms with E-state index in [2.05, 4.69) is 11.6 Å². The Balaban J connectivity index is 3.17. The molecule has 0 fully saturated rings. The van der Waals surface area contributed by atoms with Gasteiger partial charge in [-0.15, -0.1) is 6.58 Å². The Kier molecular flexibility index (Phi) is 9.14. The molecule has 0 saturated carbocycles. The standard InChI is InChI=1S/C21H17ClF9N3O4/c1-4-6-33-14(35)9-13(21(29,30)31)32-18(33)34(16(37-3)17(36)38-5-2)12-8-10(19(23,24)25)7-11(15(12)22)20(26,27)28/h4,7-9,16H,1,5-6H2,2-3H3. The first-order valence-electron chi connectivity index (χ1n) is 10.1. The number of hydrogen-bond donors (Lipinski definition) is 0. The average molecular weight is 582 g/mol. The van der Waals surface area contributed by atoms with Crippen molar-refractivity contribution < 1.29 is 53.8 Å². The maximum atomic E-state index is 13.7. The van der Waals surface area contributed by atoms with Crippen molar-refractivity contribution in [3.63, 3.8) is 0 Å². The molecule has 0 radical (unpaired) electrons. The van der Waals surface area contributed by atoms with E-state index < -0.39 is 76.3 Å². The monoisotopic (exact) mass is 581 g/mol. The van der Waals surface area contributed by atoms with E-state index in [1.54, 1.807) is 0 Å². The van der Waals surface area contributed by atoms with E-state index in [4.69, 9.17) is 21.1 Å². The molecule has 0 aliphatic carbocycles. The molecule has 1 atom stereocenters. The molecular weight excluding hydrogens is 565 g/mol. The number of allylic oxidation sites excluding steroid dienone is 1. The van der Waals surface area contributed by atoms with Crippen LogP contribution in [0.4, 0.5) is 51.1 Å². The minimum Gasteiger partial charge on any atom is -0.463 e. The highest BCUT2D eigenvalue weighted by Gasteiger charge is 2.43. The van der Waals surface area contributed by atoms with Crippen LogP contribution in [0.1, 0.15) is 23.7 Å². The fourth-order valence-corrected chi connectivity index (χ4v) is 3.44. The van der Waals surface area contributed by atoms with Crippen molar-refractivity contribution in [3.8, 4) is 0 Å². The average Bonchev–Trinajstić information content (AvgIpc) is 2.77. The molecule has 38 heavy (non-hydrogen) atoms. The summed E-state index contributed by atoms with van der Waals surface area (Å²) in [6.45, 7) is 3.56. The van der Waals surface area contributed by atoms with Gasteiger partial charge in [-0.25, -0.2) is 9.78 Å². The fourth-order valence-electron chi connectivity index (χ4n) is 3.14. The van der Waals surface area contributed by atoms with Gasteiger partial charge in [-0.1, -0.05) is 17.7 Å². The Hall–Kier alpha value is -3.27. The number of rotatable bonds is 8. The Labute approximate surface area is 213 Å². The smallest absolute Gasteiger partial charge is 0.433 e. The molecule has 0 aliphatic heterocycles. The largest absolute Gasteiger partial charge is 0.463 e. The lowest BCUT2D eigenvalue weighted by Crippen LogP contribution is -2.44. The predicted molar refractivity (Wildman–Crippen MR) is 115 cm³/mol. The van der Waals surface area contributed by atoms with Gasteiger partial charge in [-0.05, 0) is 19.1 Å². The summed E-state index contributed by atoms with van der Waals surface area (Å²) in [5.74, 6) is -2.70. The normalized spacial score (nSPS) is 13.3. The summed E-state index contributed by atoms with van der Waals surface area (Å²) in [7, 11) is 0.754. The molecule has 0 bridgehead atoms. The number of esters is 1. The quantitative estimate of drug-likeness (QED) is 0.170. The third-order valence-electron chi connectivity index (χ3n) is 4.70.